The number of benzene rings is 1. The first kappa shape index (κ1) is 20.2. The minimum Gasteiger partial charge on any atom is -0.357 e. The lowest BCUT2D eigenvalue weighted by molar-refractivity contribution is 0.278. The molecule has 144 valence electrons. The number of aromatic nitrogens is 2. The highest BCUT2D eigenvalue weighted by Crippen LogP contribution is 2.15. The smallest absolute Gasteiger partial charge is 0.191 e. The molecule has 1 heterocycles. The Morgan fingerprint density at radius 2 is 2.04 bits per heavy atom. The number of guanidine groups is 1. The summed E-state index contributed by atoms with van der Waals surface area (Å²) in [4.78, 5) is 11.7. The quantitative estimate of drug-likeness (QED) is 0.411. The summed E-state index contributed by atoms with van der Waals surface area (Å²) in [5.74, 6) is 1.97. The van der Waals surface area contributed by atoms with Gasteiger partial charge in [0.1, 0.15) is 5.82 Å². The van der Waals surface area contributed by atoms with Crippen LogP contribution in [0.3, 0.4) is 0 Å². The van der Waals surface area contributed by atoms with E-state index in [4.69, 9.17) is 4.99 Å². The molecule has 0 atom stereocenters. The van der Waals surface area contributed by atoms with Crippen molar-refractivity contribution in [2.24, 2.45) is 4.99 Å². The number of likely N-dealkylation sites (N-methyl/N-ethyl adjacent to an activating group) is 1. The molecule has 1 aromatic heterocycles. The van der Waals surface area contributed by atoms with Crippen LogP contribution in [0.15, 0.2) is 29.3 Å². The molecule has 0 fully saturated rings. The third-order valence-electron chi connectivity index (χ3n) is 4.64. The van der Waals surface area contributed by atoms with E-state index in [0.717, 1.165) is 56.4 Å². The minimum absolute atomic E-state index is 0.560. The molecule has 2 rings (SSSR count). The topological polar surface area (TPSA) is 57.5 Å². The zero-order valence-electron chi connectivity index (χ0n) is 16.9. The number of rotatable bonds is 9. The Labute approximate surface area is 157 Å². The molecule has 2 aromatic rings. The van der Waals surface area contributed by atoms with Gasteiger partial charge in [0.15, 0.2) is 5.96 Å². The summed E-state index contributed by atoms with van der Waals surface area (Å²) in [6.07, 6.45) is 0.990. The van der Waals surface area contributed by atoms with Gasteiger partial charge in [0.2, 0.25) is 0 Å². The molecule has 0 aliphatic carbocycles. The molecule has 0 saturated heterocycles. The molecule has 0 saturated carbocycles. The van der Waals surface area contributed by atoms with Crippen molar-refractivity contribution in [2.75, 3.05) is 33.2 Å². The van der Waals surface area contributed by atoms with Crippen molar-refractivity contribution < 1.29 is 0 Å². The van der Waals surface area contributed by atoms with Crippen LogP contribution in [0.25, 0.3) is 11.0 Å². The highest BCUT2D eigenvalue weighted by atomic mass is 15.2. The maximum atomic E-state index is 4.71. The van der Waals surface area contributed by atoms with E-state index in [-0.39, 0.29) is 0 Å². The van der Waals surface area contributed by atoms with Gasteiger partial charge in [0, 0.05) is 38.8 Å². The van der Waals surface area contributed by atoms with E-state index in [9.17, 15) is 0 Å². The van der Waals surface area contributed by atoms with E-state index in [1.165, 1.54) is 5.52 Å². The first-order chi connectivity index (χ1) is 12.5. The van der Waals surface area contributed by atoms with Crippen LogP contribution in [0.5, 0.6) is 0 Å². The van der Waals surface area contributed by atoms with Crippen molar-refractivity contribution in [2.45, 2.75) is 46.7 Å². The normalized spacial score (nSPS) is 12.3. The largest absolute Gasteiger partial charge is 0.357 e. The molecule has 26 heavy (non-hydrogen) atoms. The third kappa shape index (κ3) is 5.73. The maximum absolute atomic E-state index is 4.71. The summed E-state index contributed by atoms with van der Waals surface area (Å²) in [5, 5.41) is 6.74. The van der Waals surface area contributed by atoms with E-state index >= 15 is 0 Å². The average molecular weight is 359 g/mol. The first-order valence-electron chi connectivity index (χ1n) is 9.67. The van der Waals surface area contributed by atoms with Gasteiger partial charge < -0.3 is 20.1 Å². The van der Waals surface area contributed by atoms with Crippen LogP contribution in [0.4, 0.5) is 0 Å². The van der Waals surface area contributed by atoms with Crippen LogP contribution in [0.2, 0.25) is 0 Å². The summed E-state index contributed by atoms with van der Waals surface area (Å²) < 4.78 is 2.28. The highest BCUT2D eigenvalue weighted by molar-refractivity contribution is 5.79. The first-order valence-corrected chi connectivity index (χ1v) is 9.67. The fourth-order valence-corrected chi connectivity index (χ4v) is 2.85. The van der Waals surface area contributed by atoms with Gasteiger partial charge in [-0.3, -0.25) is 4.99 Å². The summed E-state index contributed by atoms with van der Waals surface area (Å²) in [6.45, 7) is 13.1. The molecule has 0 aliphatic heterocycles. The molecule has 1 aromatic carbocycles. The van der Waals surface area contributed by atoms with E-state index in [2.05, 4.69) is 78.0 Å². The van der Waals surface area contributed by atoms with Crippen molar-refractivity contribution in [3.8, 4) is 0 Å². The zero-order chi connectivity index (χ0) is 18.9. The van der Waals surface area contributed by atoms with Gasteiger partial charge in [-0.05, 0) is 53.3 Å². The number of nitrogens with zero attached hydrogens (tertiary/aromatic N) is 4. The van der Waals surface area contributed by atoms with E-state index in [0.29, 0.717) is 6.04 Å². The van der Waals surface area contributed by atoms with E-state index < -0.39 is 0 Å². The molecule has 0 radical (unpaired) electrons. The van der Waals surface area contributed by atoms with Gasteiger partial charge in [-0.1, -0.05) is 12.1 Å². The minimum atomic E-state index is 0.560. The molecule has 0 spiro atoms. The lowest BCUT2D eigenvalue weighted by Gasteiger charge is -2.21. The number of imidazole rings is 1. The number of hydrogen-bond donors (Lipinski definition) is 2. The Morgan fingerprint density at radius 1 is 1.27 bits per heavy atom. The number of aryl methyl sites for hydroxylation is 2. The second-order valence-corrected chi connectivity index (χ2v) is 6.91. The van der Waals surface area contributed by atoms with Crippen LogP contribution in [-0.4, -0.2) is 59.7 Å². The fraction of sp³-hybridized carbons (Fsp3) is 0.600. The monoisotopic (exact) mass is 358 g/mol. The van der Waals surface area contributed by atoms with Gasteiger partial charge in [0.25, 0.3) is 0 Å². The van der Waals surface area contributed by atoms with Gasteiger partial charge in [-0.25, -0.2) is 4.98 Å². The Kier molecular flexibility index (Phi) is 7.91. The van der Waals surface area contributed by atoms with Gasteiger partial charge in [-0.2, -0.15) is 0 Å². The number of para-hydroxylation sites is 2. The summed E-state index contributed by atoms with van der Waals surface area (Å²) >= 11 is 0. The average Bonchev–Trinajstić information content (AvgIpc) is 2.93. The Hall–Kier alpha value is -2.08. The summed E-state index contributed by atoms with van der Waals surface area (Å²) in [7, 11) is 2.15. The lowest BCUT2D eigenvalue weighted by atomic mass is 10.3. The van der Waals surface area contributed by atoms with Gasteiger partial charge in [0.05, 0.1) is 11.0 Å². The second kappa shape index (κ2) is 10.2. The number of fused-ring (bicyclic) bond motifs is 1. The van der Waals surface area contributed by atoms with Crippen molar-refractivity contribution in [1.82, 2.24) is 25.1 Å². The van der Waals surface area contributed by atoms with Crippen molar-refractivity contribution >= 4 is 17.0 Å². The number of nitrogens with one attached hydrogen (secondary N) is 2. The molecular formula is C20H34N6. The summed E-state index contributed by atoms with van der Waals surface area (Å²) in [6, 6.07) is 8.87. The van der Waals surface area contributed by atoms with Crippen LogP contribution < -0.4 is 10.6 Å². The molecule has 6 heteroatoms. The van der Waals surface area contributed by atoms with Crippen molar-refractivity contribution in [3.05, 3.63) is 30.1 Å². The lowest BCUT2D eigenvalue weighted by Crippen LogP contribution is -2.42. The van der Waals surface area contributed by atoms with Gasteiger partial charge >= 0.3 is 0 Å². The van der Waals surface area contributed by atoms with Crippen molar-refractivity contribution in [1.29, 1.82) is 0 Å². The third-order valence-corrected chi connectivity index (χ3v) is 4.64. The number of hydrogen-bond acceptors (Lipinski definition) is 3. The Morgan fingerprint density at radius 3 is 2.77 bits per heavy atom. The van der Waals surface area contributed by atoms with Crippen LogP contribution in [-0.2, 0) is 6.54 Å². The molecule has 0 amide bonds. The highest BCUT2D eigenvalue weighted by Gasteiger charge is 2.06. The molecule has 6 nitrogen and oxygen atoms in total. The molecular weight excluding hydrogens is 324 g/mol. The molecule has 0 bridgehead atoms. The maximum Gasteiger partial charge on any atom is 0.191 e. The van der Waals surface area contributed by atoms with E-state index in [1.807, 2.05) is 6.07 Å². The SMILES string of the molecule is CCNC(=NCCCn1c(C)nc2ccccc21)NCCN(C)C(C)C. The molecule has 2 N–H and O–H groups in total. The van der Waals surface area contributed by atoms with Crippen LogP contribution in [0.1, 0.15) is 33.0 Å². The second-order valence-electron chi connectivity index (χ2n) is 6.91. The fourth-order valence-electron chi connectivity index (χ4n) is 2.85. The molecule has 0 unspecified atom stereocenters. The standard InChI is InChI=1S/C20H34N6/c1-6-21-20(23-13-15-25(5)16(2)3)22-12-9-14-26-17(4)24-18-10-7-8-11-19(18)26/h7-8,10-11,16H,6,9,12-15H2,1-5H3,(H2,21,22,23). The Bertz CT molecular complexity index is 703. The van der Waals surface area contributed by atoms with Crippen LogP contribution >= 0.6 is 0 Å². The predicted octanol–water partition coefficient (Wildman–Crippen LogP) is 2.63. The van der Waals surface area contributed by atoms with Crippen molar-refractivity contribution in [3.63, 3.8) is 0 Å². The zero-order valence-corrected chi connectivity index (χ0v) is 16.9. The van der Waals surface area contributed by atoms with Gasteiger partial charge in [-0.15, -0.1) is 0 Å². The molecule has 0 aliphatic rings. The predicted molar refractivity (Wildman–Crippen MR) is 111 cm³/mol. The Balaban J connectivity index is 1.84. The van der Waals surface area contributed by atoms with Crippen LogP contribution in [0, 0.1) is 6.92 Å². The number of aliphatic imine (C=N–C) groups is 1. The summed E-state index contributed by atoms with van der Waals surface area (Å²) in [5.41, 5.74) is 2.27. The van der Waals surface area contributed by atoms with E-state index in [1.54, 1.807) is 0 Å².